The van der Waals surface area contributed by atoms with Gasteiger partial charge in [-0.15, -0.1) is 0 Å². The van der Waals surface area contributed by atoms with E-state index in [0.717, 1.165) is 43.4 Å². The molecule has 1 N–H and O–H groups in total. The van der Waals surface area contributed by atoms with Crippen LogP contribution in [0.5, 0.6) is 0 Å². The maximum Gasteiger partial charge on any atom is 0.239 e. The molecule has 1 aliphatic rings. The first kappa shape index (κ1) is 17.6. The molecule has 0 saturated carbocycles. The fourth-order valence-corrected chi connectivity index (χ4v) is 3.44. The van der Waals surface area contributed by atoms with E-state index in [9.17, 15) is 4.79 Å². The maximum atomic E-state index is 12.5. The van der Waals surface area contributed by atoms with Gasteiger partial charge in [0, 0.05) is 18.2 Å². The molecule has 25 heavy (non-hydrogen) atoms. The fraction of sp³-hybridized carbons (Fsp3) is 0.647. The summed E-state index contributed by atoms with van der Waals surface area (Å²) in [5.74, 6) is 2.47. The minimum Gasteiger partial charge on any atom is -0.310 e. The van der Waals surface area contributed by atoms with Gasteiger partial charge >= 0.3 is 0 Å². The number of carbonyl (C=O) groups is 1. The normalized spacial score (nSPS) is 18.2. The molecular formula is C17H27N7O. The lowest BCUT2D eigenvalue weighted by Gasteiger charge is -2.24. The lowest BCUT2D eigenvalue weighted by molar-refractivity contribution is -0.117. The van der Waals surface area contributed by atoms with Crippen molar-refractivity contribution in [2.24, 2.45) is 0 Å². The molecular weight excluding hydrogens is 318 g/mol. The van der Waals surface area contributed by atoms with Gasteiger partial charge in [-0.2, -0.15) is 10.2 Å². The molecule has 0 unspecified atom stereocenters. The SMILES string of the molecule is Cc1nc(C)n(C[C@H]2CCCN2CC(=O)Nc2ccnn2C(C)C)n1. The Hall–Kier alpha value is -2.22. The number of anilines is 1. The van der Waals surface area contributed by atoms with Gasteiger partial charge in [-0.3, -0.25) is 9.69 Å². The van der Waals surface area contributed by atoms with Crippen LogP contribution in [0.25, 0.3) is 0 Å². The van der Waals surface area contributed by atoms with Gasteiger partial charge in [0.25, 0.3) is 0 Å². The van der Waals surface area contributed by atoms with Crippen LogP contribution in [0.4, 0.5) is 5.82 Å². The molecule has 1 atom stereocenters. The lowest BCUT2D eigenvalue weighted by Crippen LogP contribution is -2.39. The van der Waals surface area contributed by atoms with E-state index in [-0.39, 0.29) is 11.9 Å². The predicted molar refractivity (Wildman–Crippen MR) is 95.3 cm³/mol. The van der Waals surface area contributed by atoms with Crippen molar-refractivity contribution in [2.45, 2.75) is 59.2 Å². The number of aromatic nitrogens is 5. The molecule has 136 valence electrons. The predicted octanol–water partition coefficient (Wildman–Crippen LogP) is 1.78. The van der Waals surface area contributed by atoms with Crippen molar-refractivity contribution in [3.8, 4) is 0 Å². The van der Waals surface area contributed by atoms with Crippen LogP contribution < -0.4 is 5.32 Å². The van der Waals surface area contributed by atoms with Crippen molar-refractivity contribution >= 4 is 11.7 Å². The summed E-state index contributed by atoms with van der Waals surface area (Å²) >= 11 is 0. The zero-order valence-corrected chi connectivity index (χ0v) is 15.4. The van der Waals surface area contributed by atoms with Gasteiger partial charge in [0.2, 0.25) is 5.91 Å². The quantitative estimate of drug-likeness (QED) is 0.863. The molecule has 8 nitrogen and oxygen atoms in total. The van der Waals surface area contributed by atoms with Crippen LogP contribution >= 0.6 is 0 Å². The van der Waals surface area contributed by atoms with Crippen molar-refractivity contribution in [3.63, 3.8) is 0 Å². The van der Waals surface area contributed by atoms with Crippen LogP contribution in [0, 0.1) is 13.8 Å². The number of amides is 1. The minimum absolute atomic E-state index is 0.000734. The van der Waals surface area contributed by atoms with E-state index in [0.29, 0.717) is 12.6 Å². The van der Waals surface area contributed by atoms with Gasteiger partial charge in [0.1, 0.15) is 17.5 Å². The fourth-order valence-electron chi connectivity index (χ4n) is 3.44. The first-order valence-electron chi connectivity index (χ1n) is 8.89. The molecule has 0 spiro atoms. The molecule has 0 radical (unpaired) electrons. The Morgan fingerprint density at radius 2 is 2.20 bits per heavy atom. The third-order valence-electron chi connectivity index (χ3n) is 4.62. The van der Waals surface area contributed by atoms with Crippen LogP contribution in [0.1, 0.15) is 44.4 Å². The molecule has 0 aromatic carbocycles. The van der Waals surface area contributed by atoms with Crippen molar-refractivity contribution in [1.82, 2.24) is 29.4 Å². The topological polar surface area (TPSA) is 80.9 Å². The molecule has 1 aliphatic heterocycles. The van der Waals surface area contributed by atoms with Gasteiger partial charge in [-0.1, -0.05) is 0 Å². The molecule has 0 bridgehead atoms. The van der Waals surface area contributed by atoms with Crippen LogP contribution in [-0.4, -0.2) is 54.5 Å². The molecule has 0 aliphatic carbocycles. The van der Waals surface area contributed by atoms with Crippen LogP contribution in [0.15, 0.2) is 12.3 Å². The van der Waals surface area contributed by atoms with Crippen molar-refractivity contribution in [2.75, 3.05) is 18.4 Å². The van der Waals surface area contributed by atoms with E-state index in [1.54, 1.807) is 6.20 Å². The third kappa shape index (κ3) is 4.07. The molecule has 3 rings (SSSR count). The van der Waals surface area contributed by atoms with E-state index in [1.807, 2.05) is 43.1 Å². The molecule has 3 heterocycles. The summed E-state index contributed by atoms with van der Waals surface area (Å²) in [5.41, 5.74) is 0. The number of carbonyl (C=O) groups excluding carboxylic acids is 1. The second kappa shape index (κ2) is 7.35. The van der Waals surface area contributed by atoms with Gasteiger partial charge in [-0.05, 0) is 47.1 Å². The van der Waals surface area contributed by atoms with Crippen molar-refractivity contribution in [3.05, 3.63) is 23.9 Å². The van der Waals surface area contributed by atoms with Gasteiger partial charge in [0.05, 0.1) is 19.3 Å². The second-order valence-electron chi connectivity index (χ2n) is 6.96. The Morgan fingerprint density at radius 1 is 1.40 bits per heavy atom. The Labute approximate surface area is 148 Å². The first-order valence-corrected chi connectivity index (χ1v) is 8.89. The van der Waals surface area contributed by atoms with Gasteiger partial charge in [0.15, 0.2) is 0 Å². The Bertz CT molecular complexity index is 733. The molecule has 2 aromatic heterocycles. The smallest absolute Gasteiger partial charge is 0.239 e. The number of likely N-dealkylation sites (tertiary alicyclic amines) is 1. The summed E-state index contributed by atoms with van der Waals surface area (Å²) in [6, 6.07) is 2.37. The number of aryl methyl sites for hydroxylation is 2. The summed E-state index contributed by atoms with van der Waals surface area (Å²) < 4.78 is 3.77. The first-order chi connectivity index (χ1) is 11.9. The molecule has 1 saturated heterocycles. The van der Waals surface area contributed by atoms with Crippen molar-refractivity contribution < 1.29 is 4.79 Å². The van der Waals surface area contributed by atoms with Crippen LogP contribution in [-0.2, 0) is 11.3 Å². The highest BCUT2D eigenvalue weighted by molar-refractivity contribution is 5.91. The lowest BCUT2D eigenvalue weighted by atomic mass is 10.2. The average Bonchev–Trinajstić information content (AvgIpc) is 3.22. The minimum atomic E-state index is 0.000734. The Balaban J connectivity index is 1.60. The highest BCUT2D eigenvalue weighted by Crippen LogP contribution is 2.19. The summed E-state index contributed by atoms with van der Waals surface area (Å²) in [5, 5.41) is 11.7. The number of hydrogen-bond donors (Lipinski definition) is 1. The van der Waals surface area contributed by atoms with E-state index in [2.05, 4.69) is 25.4 Å². The zero-order chi connectivity index (χ0) is 18.0. The molecule has 2 aromatic rings. The van der Waals surface area contributed by atoms with Gasteiger partial charge < -0.3 is 5.32 Å². The molecule has 1 fully saturated rings. The van der Waals surface area contributed by atoms with Gasteiger partial charge in [-0.25, -0.2) is 14.3 Å². The summed E-state index contributed by atoms with van der Waals surface area (Å²) in [6.07, 6.45) is 3.90. The van der Waals surface area contributed by atoms with E-state index < -0.39 is 0 Å². The standard InChI is InChI=1S/C17H27N7O/c1-12(2)24-16(7-8-18-24)20-17(25)11-22-9-5-6-15(22)10-23-14(4)19-13(3)21-23/h7-8,12,15H,5-6,9-11H2,1-4H3,(H,20,25)/t15-/m1/s1. The van der Waals surface area contributed by atoms with E-state index >= 15 is 0 Å². The summed E-state index contributed by atoms with van der Waals surface area (Å²) in [4.78, 5) is 19.1. The summed E-state index contributed by atoms with van der Waals surface area (Å²) in [7, 11) is 0. The number of rotatable bonds is 6. The Morgan fingerprint density at radius 3 is 2.88 bits per heavy atom. The van der Waals surface area contributed by atoms with E-state index in [1.165, 1.54) is 0 Å². The highest BCUT2D eigenvalue weighted by Gasteiger charge is 2.27. The monoisotopic (exact) mass is 345 g/mol. The average molecular weight is 345 g/mol. The van der Waals surface area contributed by atoms with Crippen LogP contribution in [0.2, 0.25) is 0 Å². The molecule has 8 heteroatoms. The number of nitrogens with one attached hydrogen (secondary N) is 1. The highest BCUT2D eigenvalue weighted by atomic mass is 16.2. The Kier molecular flexibility index (Phi) is 5.17. The maximum absolute atomic E-state index is 12.5. The number of nitrogens with zero attached hydrogens (tertiary/aromatic N) is 6. The van der Waals surface area contributed by atoms with E-state index in [4.69, 9.17) is 0 Å². The second-order valence-corrected chi connectivity index (χ2v) is 6.96. The van der Waals surface area contributed by atoms with Crippen molar-refractivity contribution in [1.29, 1.82) is 0 Å². The zero-order valence-electron chi connectivity index (χ0n) is 15.4. The number of hydrogen-bond acceptors (Lipinski definition) is 5. The molecule has 1 amide bonds. The third-order valence-corrected chi connectivity index (χ3v) is 4.62. The largest absolute Gasteiger partial charge is 0.310 e. The summed E-state index contributed by atoms with van der Waals surface area (Å²) in [6.45, 7) is 10.1. The van der Waals surface area contributed by atoms with Crippen LogP contribution in [0.3, 0.4) is 0 Å².